The number of aryl methyl sites for hydroxylation is 1. The van der Waals surface area contributed by atoms with Gasteiger partial charge in [-0.2, -0.15) is 5.10 Å². The average molecular weight is 330 g/mol. The molecule has 1 unspecified atom stereocenters. The van der Waals surface area contributed by atoms with E-state index in [0.29, 0.717) is 12.2 Å². The summed E-state index contributed by atoms with van der Waals surface area (Å²) in [7, 11) is 0. The highest BCUT2D eigenvalue weighted by molar-refractivity contribution is 7.22. The second kappa shape index (κ2) is 5.92. The van der Waals surface area contributed by atoms with E-state index in [1.807, 2.05) is 28.9 Å². The fourth-order valence-electron chi connectivity index (χ4n) is 2.90. The third-order valence-corrected chi connectivity index (χ3v) is 5.20. The van der Waals surface area contributed by atoms with Gasteiger partial charge in [0.25, 0.3) is 0 Å². The van der Waals surface area contributed by atoms with Crippen molar-refractivity contribution in [1.82, 2.24) is 14.8 Å². The molecule has 0 aliphatic carbocycles. The molecule has 23 heavy (non-hydrogen) atoms. The molecule has 6 nitrogen and oxygen atoms in total. The minimum Gasteiger partial charge on any atom is -0.393 e. The number of hydrogen-bond acceptors (Lipinski definition) is 6. The first-order valence-corrected chi connectivity index (χ1v) is 8.52. The van der Waals surface area contributed by atoms with Crippen LogP contribution in [0.3, 0.4) is 0 Å². The topological polar surface area (TPSA) is 74.4 Å². The van der Waals surface area contributed by atoms with Gasteiger partial charge in [0.05, 0.1) is 34.8 Å². The van der Waals surface area contributed by atoms with Gasteiger partial charge in [0.15, 0.2) is 5.13 Å². The summed E-state index contributed by atoms with van der Waals surface area (Å²) in [5, 5.41) is 24.3. The van der Waals surface area contributed by atoms with Crippen LogP contribution in [-0.2, 0) is 13.1 Å². The van der Waals surface area contributed by atoms with Gasteiger partial charge < -0.3 is 15.1 Å². The molecular weight excluding hydrogens is 312 g/mol. The molecule has 0 saturated heterocycles. The molecule has 0 saturated carbocycles. The lowest BCUT2D eigenvalue weighted by atomic mass is 10.2. The molecule has 4 rings (SSSR count). The van der Waals surface area contributed by atoms with Crippen molar-refractivity contribution in [3.05, 3.63) is 41.7 Å². The van der Waals surface area contributed by atoms with E-state index in [1.54, 1.807) is 11.3 Å². The van der Waals surface area contributed by atoms with Crippen LogP contribution >= 0.6 is 11.3 Å². The maximum atomic E-state index is 9.78. The molecule has 1 aromatic carbocycles. The van der Waals surface area contributed by atoms with Crippen molar-refractivity contribution in [2.45, 2.75) is 25.6 Å². The van der Waals surface area contributed by atoms with E-state index in [-0.39, 0.29) is 6.61 Å². The van der Waals surface area contributed by atoms with Gasteiger partial charge in [-0.1, -0.05) is 23.5 Å². The molecule has 2 aromatic heterocycles. The summed E-state index contributed by atoms with van der Waals surface area (Å²) >= 11 is 1.70. The highest BCUT2D eigenvalue weighted by atomic mass is 32.1. The Hall–Kier alpha value is -1.96. The third-order valence-electron chi connectivity index (χ3n) is 4.10. The average Bonchev–Trinajstić information content (AvgIpc) is 3.13. The molecular formula is C16H18N4O2S. The Balaban J connectivity index is 1.64. The zero-order valence-electron chi connectivity index (χ0n) is 12.6. The van der Waals surface area contributed by atoms with E-state index >= 15 is 0 Å². The summed E-state index contributed by atoms with van der Waals surface area (Å²) in [6.07, 6.45) is 0.0598. The molecule has 3 heterocycles. The van der Waals surface area contributed by atoms with Gasteiger partial charge >= 0.3 is 0 Å². The van der Waals surface area contributed by atoms with Crippen molar-refractivity contribution in [1.29, 1.82) is 0 Å². The van der Waals surface area contributed by atoms with Gasteiger partial charge in [-0.3, -0.25) is 4.68 Å². The molecule has 0 amide bonds. The molecule has 1 aliphatic heterocycles. The Labute approximate surface area is 137 Å². The number of thiazole rings is 1. The van der Waals surface area contributed by atoms with E-state index in [4.69, 9.17) is 10.1 Å². The maximum Gasteiger partial charge on any atom is 0.186 e. The Morgan fingerprint density at radius 2 is 2.13 bits per heavy atom. The smallest absolute Gasteiger partial charge is 0.186 e. The summed E-state index contributed by atoms with van der Waals surface area (Å²) in [6.45, 7) is 2.15. The van der Waals surface area contributed by atoms with Crippen LogP contribution in [0.1, 0.15) is 23.9 Å². The zero-order chi connectivity index (χ0) is 15.8. The number of anilines is 1. The quantitative estimate of drug-likeness (QED) is 0.767. The van der Waals surface area contributed by atoms with Gasteiger partial charge in [-0.15, -0.1) is 0 Å². The Bertz CT molecular complexity index is 795. The Morgan fingerprint density at radius 1 is 1.26 bits per heavy atom. The first-order chi connectivity index (χ1) is 11.2. The Morgan fingerprint density at radius 3 is 2.96 bits per heavy atom. The number of nitrogens with zero attached hydrogens (tertiary/aromatic N) is 4. The SMILES string of the molecule is OCC(O)c1cc2n(n1)CCCN(c1nc3ccccc3s1)C2. The highest BCUT2D eigenvalue weighted by Gasteiger charge is 2.21. The monoisotopic (exact) mass is 330 g/mol. The van der Waals surface area contributed by atoms with Crippen molar-refractivity contribution in [3.63, 3.8) is 0 Å². The van der Waals surface area contributed by atoms with Gasteiger partial charge in [-0.05, 0) is 24.6 Å². The Kier molecular flexibility index (Phi) is 3.76. The highest BCUT2D eigenvalue weighted by Crippen LogP contribution is 2.30. The lowest BCUT2D eigenvalue weighted by molar-refractivity contribution is 0.0916. The second-order valence-corrected chi connectivity index (χ2v) is 6.73. The van der Waals surface area contributed by atoms with Crippen LogP contribution in [0, 0.1) is 0 Å². The van der Waals surface area contributed by atoms with Crippen molar-refractivity contribution in [2.24, 2.45) is 0 Å². The molecule has 0 fully saturated rings. The van der Waals surface area contributed by atoms with Crippen molar-refractivity contribution in [2.75, 3.05) is 18.1 Å². The minimum absolute atomic E-state index is 0.308. The summed E-state index contributed by atoms with van der Waals surface area (Å²) in [4.78, 5) is 7.00. The fourth-order valence-corrected chi connectivity index (χ4v) is 3.89. The first-order valence-electron chi connectivity index (χ1n) is 7.70. The van der Waals surface area contributed by atoms with E-state index in [1.165, 1.54) is 4.70 Å². The summed E-state index contributed by atoms with van der Waals surface area (Å²) in [5.74, 6) is 0. The summed E-state index contributed by atoms with van der Waals surface area (Å²) in [5.41, 5.74) is 2.61. The predicted octanol–water partition coefficient (Wildman–Crippen LogP) is 1.93. The van der Waals surface area contributed by atoms with Gasteiger partial charge in [0.1, 0.15) is 6.10 Å². The zero-order valence-corrected chi connectivity index (χ0v) is 13.4. The van der Waals surface area contributed by atoms with Gasteiger partial charge in [-0.25, -0.2) is 4.98 Å². The molecule has 2 N–H and O–H groups in total. The van der Waals surface area contributed by atoms with E-state index < -0.39 is 6.10 Å². The van der Waals surface area contributed by atoms with E-state index in [0.717, 1.165) is 35.9 Å². The first kappa shape index (κ1) is 14.6. The predicted molar refractivity (Wildman–Crippen MR) is 89.6 cm³/mol. The molecule has 0 spiro atoms. The number of aliphatic hydroxyl groups is 2. The fraction of sp³-hybridized carbons (Fsp3) is 0.375. The number of rotatable bonds is 3. The van der Waals surface area contributed by atoms with Gasteiger partial charge in [0, 0.05) is 13.1 Å². The van der Waals surface area contributed by atoms with Crippen LogP contribution in [0.2, 0.25) is 0 Å². The number of fused-ring (bicyclic) bond motifs is 2. The van der Waals surface area contributed by atoms with Crippen molar-refractivity contribution < 1.29 is 10.2 Å². The molecule has 0 bridgehead atoms. The van der Waals surface area contributed by atoms with Crippen LogP contribution in [0.4, 0.5) is 5.13 Å². The van der Waals surface area contributed by atoms with Crippen molar-refractivity contribution >= 4 is 26.7 Å². The van der Waals surface area contributed by atoms with Crippen LogP contribution in [-0.4, -0.2) is 38.1 Å². The molecule has 1 aliphatic rings. The number of aromatic nitrogens is 3. The molecule has 1 atom stereocenters. The third kappa shape index (κ3) is 2.71. The van der Waals surface area contributed by atoms with E-state index in [9.17, 15) is 5.11 Å². The number of benzene rings is 1. The van der Waals surface area contributed by atoms with Crippen LogP contribution < -0.4 is 4.90 Å². The van der Waals surface area contributed by atoms with Crippen LogP contribution in [0.5, 0.6) is 0 Å². The molecule has 7 heteroatoms. The van der Waals surface area contributed by atoms with Crippen molar-refractivity contribution in [3.8, 4) is 0 Å². The van der Waals surface area contributed by atoms with Crippen LogP contribution in [0.25, 0.3) is 10.2 Å². The minimum atomic E-state index is -0.912. The molecule has 0 radical (unpaired) electrons. The number of hydrogen-bond donors (Lipinski definition) is 2. The maximum absolute atomic E-state index is 9.78. The number of para-hydroxylation sites is 1. The van der Waals surface area contributed by atoms with Crippen LogP contribution in [0.15, 0.2) is 30.3 Å². The molecule has 3 aromatic rings. The second-order valence-electron chi connectivity index (χ2n) is 5.72. The number of aliphatic hydroxyl groups excluding tert-OH is 2. The van der Waals surface area contributed by atoms with E-state index in [2.05, 4.69) is 16.1 Å². The normalized spacial score (nSPS) is 16.3. The summed E-state index contributed by atoms with van der Waals surface area (Å²) < 4.78 is 3.12. The lowest BCUT2D eigenvalue weighted by Crippen LogP contribution is -2.22. The van der Waals surface area contributed by atoms with Gasteiger partial charge in [0.2, 0.25) is 0 Å². The molecule has 120 valence electrons. The standard InChI is InChI=1S/C16H18N4O2S/c21-10-14(22)13-8-11-9-19(6-3-7-20(11)18-13)16-17-12-4-1-2-5-15(12)23-16/h1-2,4-5,8,14,21-22H,3,6-7,9-10H2. The largest absolute Gasteiger partial charge is 0.393 e. The lowest BCUT2D eigenvalue weighted by Gasteiger charge is -2.18. The summed E-state index contributed by atoms with van der Waals surface area (Å²) in [6, 6.07) is 10.0.